The van der Waals surface area contributed by atoms with Crippen LogP contribution in [0, 0.1) is 12.3 Å². The van der Waals surface area contributed by atoms with Gasteiger partial charge in [0.2, 0.25) is 0 Å². The fraction of sp³-hybridized carbons (Fsp3) is 0.0577. The maximum Gasteiger partial charge on any atom is 0.335 e. The number of nitrogens with zero attached hydrogens (tertiary/aromatic N) is 2. The molecule has 0 saturated heterocycles. The van der Waals surface area contributed by atoms with Gasteiger partial charge in [-0.25, -0.2) is 14.8 Å². The number of esters is 1. The van der Waals surface area contributed by atoms with Crippen LogP contribution in [-0.4, -0.2) is 32.5 Å². The van der Waals surface area contributed by atoms with Gasteiger partial charge in [0, 0.05) is 67.5 Å². The molecule has 2 aliphatic heterocycles. The summed E-state index contributed by atoms with van der Waals surface area (Å²) in [7, 11) is 0. The number of carbonyl (C=O) groups excluding carboxylic acids is 1. The molecule has 2 N–H and O–H groups in total. The summed E-state index contributed by atoms with van der Waals surface area (Å²) in [6, 6.07) is 49.5. The molecule has 0 fully saturated rings. The number of hydrogen-bond donors (Lipinski definition) is 2. The molecule has 58 heavy (non-hydrogen) atoms. The number of allylic oxidation sites excluding steroid dienone is 3. The highest BCUT2D eigenvalue weighted by Crippen LogP contribution is 2.52. The third kappa shape index (κ3) is 5.80. The Morgan fingerprint density at radius 1 is 0.569 bits per heavy atom. The van der Waals surface area contributed by atoms with Crippen molar-refractivity contribution in [3.63, 3.8) is 0 Å². The van der Waals surface area contributed by atoms with Crippen LogP contribution in [0.2, 0.25) is 0 Å². The molecule has 3 aromatic heterocycles. The fourth-order valence-corrected chi connectivity index (χ4v) is 8.43. The topological polar surface area (TPSA) is 83.7 Å². The van der Waals surface area contributed by atoms with Gasteiger partial charge in [-0.05, 0) is 65.6 Å². The summed E-state index contributed by atoms with van der Waals surface area (Å²) in [6.45, 7) is 2.05. The van der Waals surface area contributed by atoms with E-state index in [2.05, 4.69) is 101 Å². The summed E-state index contributed by atoms with van der Waals surface area (Å²) in [5.74, 6) is 2.57. The van der Waals surface area contributed by atoms with E-state index in [0.29, 0.717) is 28.1 Å². The second-order valence-electron chi connectivity index (χ2n) is 14.3. The number of ether oxygens (including phenoxy) is 1. The summed E-state index contributed by atoms with van der Waals surface area (Å²) in [5, 5.41) is 0. The van der Waals surface area contributed by atoms with E-state index < -0.39 is 5.97 Å². The zero-order chi connectivity index (χ0) is 39.2. The smallest absolute Gasteiger partial charge is 0.335 e. The third-order valence-electron chi connectivity index (χ3n) is 10.9. The lowest BCUT2D eigenvalue weighted by atomic mass is 9.93. The quantitative estimate of drug-likeness (QED) is 0.131. The first-order chi connectivity index (χ1) is 28.6. The van der Waals surface area contributed by atoms with Gasteiger partial charge < -0.3 is 14.7 Å². The maximum atomic E-state index is 14.0. The average Bonchev–Trinajstić information content (AvgIpc) is 4.13. The largest absolute Gasteiger partial charge is 0.463 e. The lowest BCUT2D eigenvalue weighted by Crippen LogP contribution is -2.08. The zero-order valence-corrected chi connectivity index (χ0v) is 31.7. The van der Waals surface area contributed by atoms with Crippen LogP contribution in [0.3, 0.4) is 0 Å². The molecule has 1 aliphatic carbocycles. The van der Waals surface area contributed by atoms with E-state index in [0.717, 1.165) is 83.5 Å². The molecule has 0 amide bonds. The zero-order valence-electron chi connectivity index (χ0n) is 31.7. The molecule has 6 heteroatoms. The summed E-state index contributed by atoms with van der Waals surface area (Å²) < 4.78 is 5.72. The van der Waals surface area contributed by atoms with Crippen molar-refractivity contribution in [2.75, 3.05) is 6.61 Å². The van der Waals surface area contributed by atoms with Crippen LogP contribution >= 0.6 is 0 Å². The molecule has 4 aromatic carbocycles. The van der Waals surface area contributed by atoms with Gasteiger partial charge in [0.1, 0.15) is 0 Å². The number of aromatic amines is 2. The lowest BCUT2D eigenvalue weighted by molar-refractivity contribution is -0.138. The Balaban J connectivity index is 1.47. The highest BCUT2D eigenvalue weighted by Gasteiger charge is 2.38. The predicted octanol–water partition coefficient (Wildman–Crippen LogP) is 12.0. The number of nitrogens with one attached hydrogen (secondary N) is 2. The van der Waals surface area contributed by atoms with Crippen molar-refractivity contribution in [1.82, 2.24) is 19.9 Å². The molecule has 5 heterocycles. The van der Waals surface area contributed by atoms with Crippen LogP contribution in [0.25, 0.3) is 89.9 Å². The number of H-pyrrole nitrogens is 2. The molecule has 3 aliphatic rings. The van der Waals surface area contributed by atoms with E-state index in [9.17, 15) is 4.79 Å². The average molecular weight is 749 g/mol. The first kappa shape index (κ1) is 34.7. The summed E-state index contributed by atoms with van der Waals surface area (Å²) in [6.07, 6.45) is 10.8. The van der Waals surface area contributed by atoms with Crippen molar-refractivity contribution in [2.24, 2.45) is 0 Å². The van der Waals surface area contributed by atoms with Crippen molar-refractivity contribution in [3.8, 4) is 56.9 Å². The van der Waals surface area contributed by atoms with Gasteiger partial charge in [-0.2, -0.15) is 0 Å². The molecule has 8 bridgehead atoms. The molecule has 276 valence electrons. The Labute approximate surface area is 336 Å². The highest BCUT2D eigenvalue weighted by atomic mass is 16.5. The van der Waals surface area contributed by atoms with Crippen molar-refractivity contribution >= 4 is 51.3 Å². The lowest BCUT2D eigenvalue weighted by Gasteiger charge is -2.09. The van der Waals surface area contributed by atoms with Crippen molar-refractivity contribution in [2.45, 2.75) is 13.3 Å². The van der Waals surface area contributed by atoms with Gasteiger partial charge in [0.25, 0.3) is 0 Å². The summed E-state index contributed by atoms with van der Waals surface area (Å²) in [4.78, 5) is 32.6. The van der Waals surface area contributed by atoms with Crippen molar-refractivity contribution in [1.29, 1.82) is 0 Å². The molecular weight excluding hydrogens is 713 g/mol. The van der Waals surface area contributed by atoms with E-state index in [-0.39, 0.29) is 13.0 Å². The molecule has 0 saturated carbocycles. The molecule has 0 radical (unpaired) electrons. The number of rotatable bonds is 6. The van der Waals surface area contributed by atoms with E-state index in [4.69, 9.17) is 21.1 Å². The molecule has 0 spiro atoms. The van der Waals surface area contributed by atoms with Gasteiger partial charge in [-0.3, -0.25) is 0 Å². The number of hydrogen-bond acceptors (Lipinski definition) is 4. The molecular formula is C52H36N4O2. The monoisotopic (exact) mass is 748 g/mol. The Kier molecular flexibility index (Phi) is 8.62. The standard InChI is InChI=1S/C52H36N4O2/c1-3-32-31-37(52(57)58-4-2)49-48(32)50-46(35-21-13-7-14-22-35)42-29-27-40(54-42)44(33-17-9-5-10-18-33)38-25-26-39(53-38)45(34-19-11-6-12-20-34)41-28-30-43(55-41)47(51(49)56-50)36-23-15-8-16-24-36/h1,5-30,54-55H,4,31H2,2H3. The predicted molar refractivity (Wildman–Crippen MR) is 236 cm³/mol. The van der Waals surface area contributed by atoms with Crippen molar-refractivity contribution in [3.05, 3.63) is 180 Å². The van der Waals surface area contributed by atoms with Gasteiger partial charge in [-0.15, -0.1) is 6.42 Å². The molecule has 6 nitrogen and oxygen atoms in total. The van der Waals surface area contributed by atoms with Gasteiger partial charge in [-0.1, -0.05) is 127 Å². The molecule has 0 atom stereocenters. The van der Waals surface area contributed by atoms with Crippen molar-refractivity contribution < 1.29 is 9.53 Å². The van der Waals surface area contributed by atoms with Gasteiger partial charge in [0.05, 0.1) is 35.0 Å². The SMILES string of the molecule is C#CC1=C2C(=C(C(=O)OCC)C1)c1nc2c(-c2ccccc2)c2ccc([nH]2)c(-c2ccccc2)c2nc(c(-c3ccccc3)c3ccc([nH]3)c1-c1ccccc1)C=C2. The first-order valence-electron chi connectivity index (χ1n) is 19.4. The fourth-order valence-electron chi connectivity index (χ4n) is 8.43. The summed E-state index contributed by atoms with van der Waals surface area (Å²) >= 11 is 0. The number of terminal acetylenes is 1. The van der Waals surface area contributed by atoms with Crippen LogP contribution in [-0.2, 0) is 9.53 Å². The Morgan fingerprint density at radius 3 is 1.38 bits per heavy atom. The van der Waals surface area contributed by atoms with E-state index in [1.807, 2.05) is 79.7 Å². The van der Waals surface area contributed by atoms with Gasteiger partial charge in [0.15, 0.2) is 0 Å². The third-order valence-corrected chi connectivity index (χ3v) is 10.9. The normalized spacial score (nSPS) is 13.1. The van der Waals surface area contributed by atoms with E-state index in [1.165, 1.54) is 0 Å². The van der Waals surface area contributed by atoms with E-state index in [1.54, 1.807) is 0 Å². The minimum Gasteiger partial charge on any atom is -0.463 e. The minimum absolute atomic E-state index is 0.233. The Bertz CT molecular complexity index is 3090. The number of benzene rings is 4. The highest BCUT2D eigenvalue weighted by molar-refractivity contribution is 6.23. The van der Waals surface area contributed by atoms with Gasteiger partial charge >= 0.3 is 5.97 Å². The van der Waals surface area contributed by atoms with Crippen LogP contribution in [0.4, 0.5) is 0 Å². The number of aromatic nitrogens is 4. The van der Waals surface area contributed by atoms with E-state index >= 15 is 0 Å². The summed E-state index contributed by atoms with van der Waals surface area (Å²) in [5.41, 5.74) is 16.7. The number of fused-ring (bicyclic) bond motifs is 11. The van der Waals surface area contributed by atoms with Crippen LogP contribution < -0.4 is 0 Å². The Hall–Kier alpha value is -7.75. The molecule has 0 unspecified atom stereocenters. The molecule has 10 rings (SSSR count). The Morgan fingerprint density at radius 2 is 0.966 bits per heavy atom. The van der Waals surface area contributed by atoms with Crippen LogP contribution in [0.1, 0.15) is 36.1 Å². The number of carbonyl (C=O) groups is 1. The van der Waals surface area contributed by atoms with Crippen LogP contribution in [0.5, 0.6) is 0 Å². The minimum atomic E-state index is -0.400. The van der Waals surface area contributed by atoms with Crippen LogP contribution in [0.15, 0.2) is 157 Å². The first-order valence-corrected chi connectivity index (χ1v) is 19.4. The second-order valence-corrected chi connectivity index (χ2v) is 14.3. The molecule has 7 aromatic rings. The second kappa shape index (κ2) is 14.4. The maximum absolute atomic E-state index is 14.0.